The van der Waals surface area contributed by atoms with Gasteiger partial charge < -0.3 is 0 Å². The molecular weight excluding hydrogens is 709 g/mol. The number of benzene rings is 10. The number of thiophene rings is 1. The highest BCUT2D eigenvalue weighted by atomic mass is 32.1. The second kappa shape index (κ2) is 12.7. The Labute approximate surface area is 333 Å². The number of aromatic nitrogens is 2. The van der Waals surface area contributed by atoms with Crippen molar-refractivity contribution >= 4 is 85.6 Å². The molecule has 0 aliphatic carbocycles. The van der Waals surface area contributed by atoms with Gasteiger partial charge in [0.2, 0.25) is 0 Å². The van der Waals surface area contributed by atoms with Gasteiger partial charge in [-0.25, -0.2) is 4.98 Å². The van der Waals surface area contributed by atoms with E-state index in [0.29, 0.717) is 0 Å². The SMILES string of the molecule is c1cc(-c2ccc3cc(-c4ccc5cc(-c6ccc7sc8ccccc8c7c6)ccc5c4)ccc3c2)cc(-c2cnc3c4ccccc4c4ccccc4c3n2)c1. The lowest BCUT2D eigenvalue weighted by Crippen LogP contribution is -1.92. The number of nitrogens with zero attached hydrogens (tertiary/aromatic N) is 2. The quantitative estimate of drug-likeness (QED) is 0.168. The fourth-order valence-corrected chi connectivity index (χ4v) is 9.82. The lowest BCUT2D eigenvalue weighted by molar-refractivity contribution is 1.31. The smallest absolute Gasteiger partial charge is 0.0979 e. The van der Waals surface area contributed by atoms with E-state index in [1.54, 1.807) is 0 Å². The topological polar surface area (TPSA) is 25.8 Å². The van der Waals surface area contributed by atoms with Crippen molar-refractivity contribution in [3.63, 3.8) is 0 Å². The van der Waals surface area contributed by atoms with Crippen LogP contribution < -0.4 is 0 Å². The first-order chi connectivity index (χ1) is 28.2. The molecule has 0 atom stereocenters. The molecular formula is C54H32N2S. The first-order valence-corrected chi connectivity index (χ1v) is 20.2. The van der Waals surface area contributed by atoms with Crippen molar-refractivity contribution in [2.24, 2.45) is 0 Å². The van der Waals surface area contributed by atoms with Crippen molar-refractivity contribution in [3.05, 3.63) is 194 Å². The van der Waals surface area contributed by atoms with E-state index in [2.05, 4.69) is 188 Å². The molecule has 0 amide bonds. The molecule has 12 rings (SSSR count). The van der Waals surface area contributed by atoms with Crippen LogP contribution in [-0.4, -0.2) is 9.97 Å². The van der Waals surface area contributed by atoms with Crippen LogP contribution in [0.25, 0.3) is 119 Å². The van der Waals surface area contributed by atoms with Crippen LogP contribution >= 0.6 is 11.3 Å². The maximum atomic E-state index is 5.24. The molecule has 0 radical (unpaired) electrons. The molecule has 0 saturated heterocycles. The summed E-state index contributed by atoms with van der Waals surface area (Å²) in [6.45, 7) is 0. The molecule has 2 nitrogen and oxygen atoms in total. The molecule has 0 spiro atoms. The molecule has 12 aromatic rings. The van der Waals surface area contributed by atoms with Crippen molar-refractivity contribution in [2.45, 2.75) is 0 Å². The fourth-order valence-electron chi connectivity index (χ4n) is 8.74. The summed E-state index contributed by atoms with van der Waals surface area (Å²) >= 11 is 1.86. The highest BCUT2D eigenvalue weighted by molar-refractivity contribution is 7.25. The summed E-state index contributed by atoms with van der Waals surface area (Å²) in [6, 6.07) is 68.5. The van der Waals surface area contributed by atoms with E-state index < -0.39 is 0 Å². The van der Waals surface area contributed by atoms with Crippen LogP contribution in [0.4, 0.5) is 0 Å². The number of hydrogen-bond donors (Lipinski definition) is 0. The Morgan fingerprint density at radius 2 is 0.754 bits per heavy atom. The van der Waals surface area contributed by atoms with Crippen molar-refractivity contribution < 1.29 is 0 Å². The van der Waals surface area contributed by atoms with Gasteiger partial charge in [0.25, 0.3) is 0 Å². The van der Waals surface area contributed by atoms with Crippen LogP contribution in [-0.2, 0) is 0 Å². The molecule has 57 heavy (non-hydrogen) atoms. The molecule has 2 heterocycles. The first kappa shape index (κ1) is 32.1. The lowest BCUT2D eigenvalue weighted by Gasteiger charge is -2.11. The predicted octanol–water partition coefficient (Wildman–Crippen LogP) is 15.3. The Bertz CT molecular complexity index is 3560. The number of hydrogen-bond acceptors (Lipinski definition) is 3. The first-order valence-electron chi connectivity index (χ1n) is 19.4. The Balaban J connectivity index is 0.848. The zero-order valence-electron chi connectivity index (χ0n) is 30.8. The summed E-state index contributed by atoms with van der Waals surface area (Å²) in [5.74, 6) is 0. The molecule has 0 saturated carbocycles. The second-order valence-electron chi connectivity index (χ2n) is 15.0. The zero-order valence-corrected chi connectivity index (χ0v) is 31.6. The molecule has 0 unspecified atom stereocenters. The average molecular weight is 741 g/mol. The summed E-state index contributed by atoms with van der Waals surface area (Å²) < 4.78 is 2.67. The van der Waals surface area contributed by atoms with E-state index in [1.165, 1.54) is 80.3 Å². The third-order valence-corrected chi connectivity index (χ3v) is 12.8. The minimum atomic E-state index is 0.871. The van der Waals surface area contributed by atoms with Crippen molar-refractivity contribution in [2.75, 3.05) is 0 Å². The monoisotopic (exact) mass is 740 g/mol. The Morgan fingerprint density at radius 1 is 0.298 bits per heavy atom. The van der Waals surface area contributed by atoms with Gasteiger partial charge in [0.05, 0.1) is 22.9 Å². The molecule has 2 aromatic heterocycles. The van der Waals surface area contributed by atoms with E-state index in [9.17, 15) is 0 Å². The fraction of sp³-hybridized carbons (Fsp3) is 0. The van der Waals surface area contributed by atoms with Crippen molar-refractivity contribution in [1.82, 2.24) is 9.97 Å². The number of rotatable bonds is 4. The van der Waals surface area contributed by atoms with E-state index in [4.69, 9.17) is 9.97 Å². The third-order valence-electron chi connectivity index (χ3n) is 11.6. The summed E-state index contributed by atoms with van der Waals surface area (Å²) in [6.07, 6.45) is 1.92. The average Bonchev–Trinajstić information content (AvgIpc) is 3.66. The van der Waals surface area contributed by atoms with Gasteiger partial charge in [-0.15, -0.1) is 11.3 Å². The summed E-state index contributed by atoms with van der Waals surface area (Å²) in [5, 5.41) is 12.3. The van der Waals surface area contributed by atoms with Crippen LogP contribution in [0.5, 0.6) is 0 Å². The molecule has 10 aromatic carbocycles. The third kappa shape index (κ3) is 5.32. The van der Waals surface area contributed by atoms with Crippen LogP contribution in [0.1, 0.15) is 0 Å². The van der Waals surface area contributed by atoms with Crippen LogP contribution in [0, 0.1) is 0 Å². The highest BCUT2D eigenvalue weighted by Crippen LogP contribution is 2.38. The van der Waals surface area contributed by atoms with Gasteiger partial charge in [-0.2, -0.15) is 0 Å². The predicted molar refractivity (Wildman–Crippen MR) is 244 cm³/mol. The maximum absolute atomic E-state index is 5.24. The lowest BCUT2D eigenvalue weighted by atomic mass is 9.95. The number of fused-ring (bicyclic) bond motifs is 11. The highest BCUT2D eigenvalue weighted by Gasteiger charge is 2.13. The molecule has 264 valence electrons. The van der Waals surface area contributed by atoms with E-state index in [0.717, 1.165) is 38.6 Å². The Morgan fingerprint density at radius 3 is 1.37 bits per heavy atom. The van der Waals surface area contributed by atoms with Gasteiger partial charge in [0.15, 0.2) is 0 Å². The van der Waals surface area contributed by atoms with Crippen molar-refractivity contribution in [3.8, 4) is 44.6 Å². The van der Waals surface area contributed by atoms with Crippen molar-refractivity contribution in [1.29, 1.82) is 0 Å². The molecule has 3 heteroatoms. The molecule has 0 aliphatic rings. The Kier molecular flexibility index (Phi) is 7.13. The minimum absolute atomic E-state index is 0.871. The summed E-state index contributed by atoms with van der Waals surface area (Å²) in [4.78, 5) is 10.2. The molecule has 0 bridgehead atoms. The van der Waals surface area contributed by atoms with Crippen LogP contribution in [0.15, 0.2) is 194 Å². The maximum Gasteiger partial charge on any atom is 0.0979 e. The van der Waals surface area contributed by atoms with Crippen LogP contribution in [0.2, 0.25) is 0 Å². The largest absolute Gasteiger partial charge is 0.252 e. The summed E-state index contributed by atoms with van der Waals surface area (Å²) in [7, 11) is 0. The Hall–Kier alpha value is -7.20. The van der Waals surface area contributed by atoms with Gasteiger partial charge in [-0.3, -0.25) is 4.98 Å². The zero-order chi connectivity index (χ0) is 37.5. The van der Waals surface area contributed by atoms with E-state index >= 15 is 0 Å². The summed E-state index contributed by atoms with van der Waals surface area (Å²) in [5.41, 5.74) is 11.1. The minimum Gasteiger partial charge on any atom is -0.252 e. The van der Waals surface area contributed by atoms with Gasteiger partial charge in [-0.1, -0.05) is 140 Å². The van der Waals surface area contributed by atoms with Crippen LogP contribution in [0.3, 0.4) is 0 Å². The normalized spacial score (nSPS) is 11.9. The van der Waals surface area contributed by atoms with Gasteiger partial charge in [-0.05, 0) is 114 Å². The van der Waals surface area contributed by atoms with Gasteiger partial charge in [0, 0.05) is 36.5 Å². The molecule has 0 N–H and O–H groups in total. The second-order valence-corrected chi connectivity index (χ2v) is 16.1. The molecule has 0 aliphatic heterocycles. The van der Waals surface area contributed by atoms with Gasteiger partial charge >= 0.3 is 0 Å². The van der Waals surface area contributed by atoms with Gasteiger partial charge in [0.1, 0.15) is 0 Å². The van der Waals surface area contributed by atoms with E-state index in [-0.39, 0.29) is 0 Å². The standard InChI is InChI=1S/C54H32N2S/c1-3-13-47-44(10-1)45-11-2-4-14-48(45)54-53(47)55-32-50(56-54)43-9-7-8-33(30-43)34-16-17-36-27-37(19-18-35(36)26-34)38-20-21-40-29-41(23-22-39(40)28-38)42-24-25-52-49(31-42)46-12-5-6-15-51(46)57-52/h1-32H. The van der Waals surface area contributed by atoms with E-state index in [1.807, 2.05) is 17.5 Å². The molecule has 0 fully saturated rings.